The molecule has 0 bridgehead atoms. The van der Waals surface area contributed by atoms with Crippen LogP contribution in [-0.2, 0) is 0 Å². The topological polar surface area (TPSA) is 108 Å². The number of amides is 1. The lowest BCUT2D eigenvalue weighted by Gasteiger charge is -2.10. The number of nitrogens with zero attached hydrogens (tertiary/aromatic N) is 1. The highest BCUT2D eigenvalue weighted by molar-refractivity contribution is 6.32. The summed E-state index contributed by atoms with van der Waals surface area (Å²) in [6.07, 6.45) is 0. The quantitative estimate of drug-likeness (QED) is 0.302. The number of halogens is 1. The van der Waals surface area contributed by atoms with E-state index in [1.54, 1.807) is 24.3 Å². The van der Waals surface area contributed by atoms with E-state index >= 15 is 0 Å². The molecule has 6 nitrogen and oxygen atoms in total. The second-order valence-corrected chi connectivity index (χ2v) is 4.56. The summed E-state index contributed by atoms with van der Waals surface area (Å²) in [5.41, 5.74) is 6.60. The third kappa shape index (κ3) is 3.24. The third-order valence-electron chi connectivity index (χ3n) is 2.77. The van der Waals surface area contributed by atoms with Crippen molar-refractivity contribution in [3.05, 3.63) is 58.6 Å². The van der Waals surface area contributed by atoms with Crippen molar-refractivity contribution in [1.82, 2.24) is 0 Å². The lowest BCUT2D eigenvalue weighted by Crippen LogP contribution is -2.19. The number of amidine groups is 1. The van der Waals surface area contributed by atoms with E-state index in [4.69, 9.17) is 22.5 Å². The van der Waals surface area contributed by atoms with Crippen molar-refractivity contribution in [2.75, 3.05) is 5.32 Å². The van der Waals surface area contributed by atoms with Gasteiger partial charge in [0.25, 0.3) is 5.91 Å². The average molecular weight is 306 g/mol. The Labute approximate surface area is 125 Å². The summed E-state index contributed by atoms with van der Waals surface area (Å²) in [5.74, 6) is -0.657. The molecule has 7 heteroatoms. The number of nitrogens with one attached hydrogen (secondary N) is 1. The molecule has 2 aromatic carbocycles. The van der Waals surface area contributed by atoms with Crippen LogP contribution in [0.15, 0.2) is 47.6 Å². The molecule has 0 saturated carbocycles. The smallest absolute Gasteiger partial charge is 0.255 e. The molecule has 2 aromatic rings. The number of aromatic hydroxyl groups is 1. The van der Waals surface area contributed by atoms with Crippen LogP contribution in [-0.4, -0.2) is 22.1 Å². The number of para-hydroxylation sites is 1. The van der Waals surface area contributed by atoms with E-state index in [1.165, 1.54) is 18.2 Å². The molecule has 21 heavy (non-hydrogen) atoms. The standard InChI is InChI=1S/C14H12ClN3O3/c15-10-7-8(5-6-12(10)19)14(20)17-11-4-2-1-3-9(11)13(16)18-21/h1-7,19,21H,(H2,16,18)(H,17,20). The number of anilines is 1. The van der Waals surface area contributed by atoms with E-state index in [-0.39, 0.29) is 22.2 Å². The van der Waals surface area contributed by atoms with Gasteiger partial charge in [-0.1, -0.05) is 28.9 Å². The number of carbonyl (C=O) groups is 1. The van der Waals surface area contributed by atoms with Gasteiger partial charge in [0.1, 0.15) is 5.75 Å². The maximum absolute atomic E-state index is 12.1. The van der Waals surface area contributed by atoms with Crippen molar-refractivity contribution >= 4 is 29.0 Å². The van der Waals surface area contributed by atoms with Gasteiger partial charge in [-0.15, -0.1) is 0 Å². The van der Waals surface area contributed by atoms with Crippen LogP contribution in [0.25, 0.3) is 0 Å². The lowest BCUT2D eigenvalue weighted by molar-refractivity contribution is 0.102. The summed E-state index contributed by atoms with van der Waals surface area (Å²) in [7, 11) is 0. The first-order valence-corrected chi connectivity index (χ1v) is 6.27. The van der Waals surface area contributed by atoms with Crippen LogP contribution in [0.1, 0.15) is 15.9 Å². The number of hydrogen-bond donors (Lipinski definition) is 4. The Balaban J connectivity index is 2.30. The Morgan fingerprint density at radius 1 is 1.24 bits per heavy atom. The summed E-state index contributed by atoms with van der Waals surface area (Å²) in [5, 5.41) is 23.7. The zero-order chi connectivity index (χ0) is 15.4. The summed E-state index contributed by atoms with van der Waals surface area (Å²) in [6, 6.07) is 10.7. The number of benzene rings is 2. The van der Waals surface area contributed by atoms with Gasteiger partial charge in [0.15, 0.2) is 5.84 Å². The monoisotopic (exact) mass is 305 g/mol. The summed E-state index contributed by atoms with van der Waals surface area (Å²) >= 11 is 5.76. The van der Waals surface area contributed by atoms with Crippen LogP contribution in [0.5, 0.6) is 5.75 Å². The number of hydrogen-bond acceptors (Lipinski definition) is 4. The molecule has 2 rings (SSSR count). The van der Waals surface area contributed by atoms with Gasteiger partial charge in [-0.3, -0.25) is 4.79 Å². The van der Waals surface area contributed by atoms with E-state index in [0.717, 1.165) is 0 Å². The Morgan fingerprint density at radius 3 is 2.62 bits per heavy atom. The molecule has 0 aliphatic heterocycles. The van der Waals surface area contributed by atoms with Gasteiger partial charge in [0, 0.05) is 11.1 Å². The van der Waals surface area contributed by atoms with Gasteiger partial charge in [0.05, 0.1) is 10.7 Å². The van der Waals surface area contributed by atoms with Crippen LogP contribution in [0, 0.1) is 0 Å². The average Bonchev–Trinajstić information content (AvgIpc) is 2.49. The summed E-state index contributed by atoms with van der Waals surface area (Å²) in [6.45, 7) is 0. The first-order valence-electron chi connectivity index (χ1n) is 5.89. The second kappa shape index (κ2) is 6.15. The minimum Gasteiger partial charge on any atom is -0.506 e. The molecule has 0 aliphatic carbocycles. The second-order valence-electron chi connectivity index (χ2n) is 4.15. The molecule has 0 aliphatic rings. The molecule has 1 amide bonds. The largest absolute Gasteiger partial charge is 0.506 e. The number of rotatable bonds is 3. The van der Waals surface area contributed by atoms with Crippen molar-refractivity contribution in [3.63, 3.8) is 0 Å². The number of oxime groups is 1. The minimum atomic E-state index is -0.435. The normalized spacial score (nSPS) is 11.2. The highest BCUT2D eigenvalue weighted by Gasteiger charge is 2.12. The van der Waals surface area contributed by atoms with E-state index in [2.05, 4.69) is 10.5 Å². The molecule has 0 radical (unpaired) electrons. The maximum atomic E-state index is 12.1. The molecule has 0 heterocycles. The van der Waals surface area contributed by atoms with Crippen LogP contribution >= 0.6 is 11.6 Å². The lowest BCUT2D eigenvalue weighted by atomic mass is 10.1. The fourth-order valence-electron chi connectivity index (χ4n) is 1.71. The number of phenols is 1. The van der Waals surface area contributed by atoms with Crippen molar-refractivity contribution in [3.8, 4) is 5.75 Å². The molecule has 0 aromatic heterocycles. The molecule has 5 N–H and O–H groups in total. The highest BCUT2D eigenvalue weighted by atomic mass is 35.5. The molecule has 0 fully saturated rings. The van der Waals surface area contributed by atoms with Crippen molar-refractivity contribution in [1.29, 1.82) is 0 Å². The molecule has 0 spiro atoms. The van der Waals surface area contributed by atoms with Crippen molar-refractivity contribution in [2.45, 2.75) is 0 Å². The fraction of sp³-hybridized carbons (Fsp3) is 0. The number of nitrogens with two attached hydrogens (primary N) is 1. The van der Waals surface area contributed by atoms with Crippen LogP contribution in [0.4, 0.5) is 5.69 Å². The molecular formula is C14H12ClN3O3. The molecular weight excluding hydrogens is 294 g/mol. The third-order valence-corrected chi connectivity index (χ3v) is 3.07. The summed E-state index contributed by atoms with van der Waals surface area (Å²) < 4.78 is 0. The van der Waals surface area contributed by atoms with Gasteiger partial charge in [-0.25, -0.2) is 0 Å². The predicted molar refractivity (Wildman–Crippen MR) is 80.0 cm³/mol. The SMILES string of the molecule is N/C(=N/O)c1ccccc1NC(=O)c1ccc(O)c(Cl)c1. The maximum Gasteiger partial charge on any atom is 0.255 e. The van der Waals surface area contributed by atoms with Gasteiger partial charge < -0.3 is 21.4 Å². The first-order chi connectivity index (χ1) is 10.0. The van der Waals surface area contributed by atoms with Crippen LogP contribution < -0.4 is 11.1 Å². The van der Waals surface area contributed by atoms with Gasteiger partial charge in [-0.05, 0) is 30.3 Å². The molecule has 0 saturated heterocycles. The van der Waals surface area contributed by atoms with E-state index in [9.17, 15) is 9.90 Å². The zero-order valence-electron chi connectivity index (χ0n) is 10.7. The zero-order valence-corrected chi connectivity index (χ0v) is 11.5. The Morgan fingerprint density at radius 2 is 1.95 bits per heavy atom. The predicted octanol–water partition coefficient (Wildman–Crippen LogP) is 2.39. The van der Waals surface area contributed by atoms with E-state index < -0.39 is 5.91 Å². The fourth-order valence-corrected chi connectivity index (χ4v) is 1.89. The Hall–Kier alpha value is -2.73. The van der Waals surface area contributed by atoms with Gasteiger partial charge in [-0.2, -0.15) is 0 Å². The van der Waals surface area contributed by atoms with E-state index in [1.807, 2.05) is 0 Å². The van der Waals surface area contributed by atoms with Crippen molar-refractivity contribution < 1.29 is 15.1 Å². The Kier molecular flexibility index (Phi) is 4.30. The number of carbonyl (C=O) groups excluding carboxylic acids is 1. The van der Waals surface area contributed by atoms with E-state index in [0.29, 0.717) is 11.3 Å². The van der Waals surface area contributed by atoms with Gasteiger partial charge in [0.2, 0.25) is 0 Å². The highest BCUT2D eigenvalue weighted by Crippen LogP contribution is 2.24. The van der Waals surface area contributed by atoms with Crippen molar-refractivity contribution in [2.24, 2.45) is 10.9 Å². The van der Waals surface area contributed by atoms with Gasteiger partial charge >= 0.3 is 0 Å². The first kappa shape index (κ1) is 14.7. The molecule has 0 unspecified atom stereocenters. The summed E-state index contributed by atoms with van der Waals surface area (Å²) in [4.78, 5) is 12.1. The molecule has 108 valence electrons. The molecule has 0 atom stereocenters. The Bertz CT molecular complexity index is 716. The van der Waals surface area contributed by atoms with Crippen LogP contribution in [0.3, 0.4) is 0 Å². The minimum absolute atomic E-state index is 0.0763. The number of phenolic OH excluding ortho intramolecular Hbond substituents is 1. The van der Waals surface area contributed by atoms with Crippen LogP contribution in [0.2, 0.25) is 5.02 Å².